The van der Waals surface area contributed by atoms with Crippen molar-refractivity contribution in [3.8, 4) is 28.4 Å². The van der Waals surface area contributed by atoms with Crippen LogP contribution in [0.4, 0.5) is 10.2 Å². The van der Waals surface area contributed by atoms with Crippen LogP contribution in [0.2, 0.25) is 0 Å². The van der Waals surface area contributed by atoms with E-state index in [9.17, 15) is 4.39 Å². The van der Waals surface area contributed by atoms with E-state index in [2.05, 4.69) is 10.2 Å². The van der Waals surface area contributed by atoms with E-state index in [1.807, 2.05) is 0 Å². The average Bonchev–Trinajstić information content (AvgIpc) is 2.83. The Balaban J connectivity index is 2.31. The van der Waals surface area contributed by atoms with Crippen LogP contribution in [0.5, 0.6) is 17.2 Å². The molecule has 19 heavy (non-hydrogen) atoms. The van der Waals surface area contributed by atoms with E-state index in [4.69, 9.17) is 19.9 Å². The summed E-state index contributed by atoms with van der Waals surface area (Å²) in [6.07, 6.45) is 1.49. The van der Waals surface area contributed by atoms with Crippen molar-refractivity contribution in [2.24, 2.45) is 0 Å². The summed E-state index contributed by atoms with van der Waals surface area (Å²) in [5, 5.41) is 6.43. The van der Waals surface area contributed by atoms with Crippen LogP contribution in [0.25, 0.3) is 11.1 Å². The molecule has 1 aromatic carbocycles. The summed E-state index contributed by atoms with van der Waals surface area (Å²) in [5.41, 5.74) is 6.71. The van der Waals surface area contributed by atoms with Gasteiger partial charge in [0.1, 0.15) is 19.0 Å². The number of ether oxygens (including phenoxy) is 3. The van der Waals surface area contributed by atoms with Crippen molar-refractivity contribution in [1.29, 1.82) is 0 Å². The molecule has 0 aliphatic carbocycles. The standard InChI is InChI=1S/C12H12FN3O3/c1-17-10-7(13)4-8-11(19-3-2-18-8)9(10)6-5-15-16-12(6)14/h4-5H,2-3H2,1H3,(H3,14,15,16). The number of H-pyrrole nitrogens is 1. The fraction of sp³-hybridized carbons (Fsp3) is 0.250. The fourth-order valence-corrected chi connectivity index (χ4v) is 2.08. The SMILES string of the molecule is COc1c(F)cc2c(c1-c1cn[nH]c1N)OCCO2. The molecular formula is C12H12FN3O3. The number of halogens is 1. The van der Waals surface area contributed by atoms with Crippen molar-refractivity contribution in [1.82, 2.24) is 10.2 Å². The van der Waals surface area contributed by atoms with Gasteiger partial charge in [0.2, 0.25) is 0 Å². The van der Waals surface area contributed by atoms with Crippen molar-refractivity contribution in [2.45, 2.75) is 0 Å². The topological polar surface area (TPSA) is 82.4 Å². The molecule has 7 heteroatoms. The summed E-state index contributed by atoms with van der Waals surface area (Å²) >= 11 is 0. The molecule has 6 nitrogen and oxygen atoms in total. The third-order valence-corrected chi connectivity index (χ3v) is 2.88. The Bertz CT molecular complexity index is 627. The van der Waals surface area contributed by atoms with Gasteiger partial charge in [-0.1, -0.05) is 0 Å². The van der Waals surface area contributed by atoms with Gasteiger partial charge in [0.15, 0.2) is 23.1 Å². The highest BCUT2D eigenvalue weighted by Crippen LogP contribution is 2.48. The highest BCUT2D eigenvalue weighted by molar-refractivity contribution is 5.85. The Morgan fingerprint density at radius 1 is 1.42 bits per heavy atom. The second-order valence-corrected chi connectivity index (χ2v) is 3.99. The molecule has 0 amide bonds. The van der Waals surface area contributed by atoms with Gasteiger partial charge in [-0.2, -0.15) is 5.10 Å². The lowest BCUT2D eigenvalue weighted by molar-refractivity contribution is 0.170. The monoisotopic (exact) mass is 265 g/mol. The number of anilines is 1. The summed E-state index contributed by atoms with van der Waals surface area (Å²) < 4.78 is 30.1. The number of rotatable bonds is 2. The minimum absolute atomic E-state index is 0.0531. The Hall–Kier alpha value is -2.44. The van der Waals surface area contributed by atoms with Crippen LogP contribution in [0.1, 0.15) is 0 Å². The first-order chi connectivity index (χ1) is 9.22. The van der Waals surface area contributed by atoms with Crippen molar-refractivity contribution in [3.05, 3.63) is 18.1 Å². The van der Waals surface area contributed by atoms with Crippen molar-refractivity contribution >= 4 is 5.82 Å². The summed E-state index contributed by atoms with van der Waals surface area (Å²) in [6, 6.07) is 1.24. The fourth-order valence-electron chi connectivity index (χ4n) is 2.08. The smallest absolute Gasteiger partial charge is 0.173 e. The summed E-state index contributed by atoms with van der Waals surface area (Å²) in [4.78, 5) is 0. The lowest BCUT2D eigenvalue weighted by atomic mass is 10.0. The Morgan fingerprint density at radius 3 is 2.89 bits per heavy atom. The number of aromatic nitrogens is 2. The van der Waals surface area contributed by atoms with Crippen LogP contribution in [0, 0.1) is 5.82 Å². The maximum atomic E-state index is 14.0. The first-order valence-corrected chi connectivity index (χ1v) is 5.67. The molecule has 0 unspecified atom stereocenters. The van der Waals surface area contributed by atoms with E-state index in [-0.39, 0.29) is 5.75 Å². The van der Waals surface area contributed by atoms with Gasteiger partial charge in [-0.25, -0.2) is 4.39 Å². The maximum absolute atomic E-state index is 14.0. The Labute approximate surface area is 108 Å². The van der Waals surface area contributed by atoms with Crippen molar-refractivity contribution in [3.63, 3.8) is 0 Å². The molecule has 2 heterocycles. The zero-order valence-electron chi connectivity index (χ0n) is 10.2. The molecule has 0 radical (unpaired) electrons. The van der Waals surface area contributed by atoms with Crippen LogP contribution in [-0.2, 0) is 0 Å². The first-order valence-electron chi connectivity index (χ1n) is 5.67. The molecule has 100 valence electrons. The normalized spacial score (nSPS) is 13.4. The number of hydrogen-bond acceptors (Lipinski definition) is 5. The Kier molecular flexibility index (Phi) is 2.66. The molecule has 3 N–H and O–H groups in total. The quantitative estimate of drug-likeness (QED) is 0.861. The number of fused-ring (bicyclic) bond motifs is 1. The molecule has 0 bridgehead atoms. The largest absolute Gasteiger partial charge is 0.493 e. The molecule has 0 saturated heterocycles. The molecule has 0 fully saturated rings. The molecule has 2 aromatic rings. The summed E-state index contributed by atoms with van der Waals surface area (Å²) in [5.74, 6) is 0.567. The molecule has 1 aliphatic heterocycles. The van der Waals surface area contributed by atoms with Gasteiger partial charge in [0.05, 0.1) is 24.4 Å². The van der Waals surface area contributed by atoms with E-state index in [1.54, 1.807) is 0 Å². The third kappa shape index (κ3) is 1.74. The summed E-state index contributed by atoms with van der Waals surface area (Å²) in [6.45, 7) is 0.756. The lowest BCUT2D eigenvalue weighted by Crippen LogP contribution is -2.16. The average molecular weight is 265 g/mol. The lowest BCUT2D eigenvalue weighted by Gasteiger charge is -2.22. The zero-order valence-corrected chi connectivity index (χ0v) is 10.2. The highest BCUT2D eigenvalue weighted by Gasteiger charge is 2.27. The number of nitrogens with one attached hydrogen (secondary N) is 1. The second-order valence-electron chi connectivity index (χ2n) is 3.99. The number of nitrogens with zero attached hydrogens (tertiary/aromatic N) is 1. The Morgan fingerprint density at radius 2 is 2.21 bits per heavy atom. The molecule has 3 rings (SSSR count). The van der Waals surface area contributed by atoms with Crippen LogP contribution >= 0.6 is 0 Å². The van der Waals surface area contributed by atoms with Gasteiger partial charge in [0, 0.05) is 6.07 Å². The van der Waals surface area contributed by atoms with E-state index in [0.717, 1.165) is 0 Å². The number of benzene rings is 1. The minimum Gasteiger partial charge on any atom is -0.493 e. The third-order valence-electron chi connectivity index (χ3n) is 2.88. The van der Waals surface area contributed by atoms with Crippen LogP contribution in [-0.4, -0.2) is 30.5 Å². The van der Waals surface area contributed by atoms with Crippen molar-refractivity contribution < 1.29 is 18.6 Å². The number of aromatic amines is 1. The highest BCUT2D eigenvalue weighted by atomic mass is 19.1. The van der Waals surface area contributed by atoms with E-state index >= 15 is 0 Å². The van der Waals surface area contributed by atoms with Crippen LogP contribution in [0.3, 0.4) is 0 Å². The molecule has 1 aromatic heterocycles. The number of methoxy groups -OCH3 is 1. The first kappa shape index (κ1) is 11.6. The predicted octanol–water partition coefficient (Wildman–Crippen LogP) is 1.58. The molecule has 0 spiro atoms. The van der Waals surface area contributed by atoms with Crippen LogP contribution < -0.4 is 19.9 Å². The van der Waals surface area contributed by atoms with E-state index < -0.39 is 5.82 Å². The van der Waals surface area contributed by atoms with Gasteiger partial charge in [-0.3, -0.25) is 5.10 Å². The van der Waals surface area contributed by atoms with E-state index in [1.165, 1.54) is 19.4 Å². The van der Waals surface area contributed by atoms with Gasteiger partial charge >= 0.3 is 0 Å². The molecule has 0 atom stereocenters. The number of nitrogen functional groups attached to an aromatic ring is 1. The van der Waals surface area contributed by atoms with Gasteiger partial charge in [0.25, 0.3) is 0 Å². The minimum atomic E-state index is -0.539. The second kappa shape index (κ2) is 4.34. The molecule has 0 saturated carbocycles. The molecule has 1 aliphatic rings. The molecular weight excluding hydrogens is 253 g/mol. The number of hydrogen-bond donors (Lipinski definition) is 2. The number of nitrogens with two attached hydrogens (primary N) is 1. The van der Waals surface area contributed by atoms with Crippen LogP contribution in [0.15, 0.2) is 12.3 Å². The van der Waals surface area contributed by atoms with Gasteiger partial charge in [-0.05, 0) is 0 Å². The summed E-state index contributed by atoms with van der Waals surface area (Å²) in [7, 11) is 1.38. The van der Waals surface area contributed by atoms with Gasteiger partial charge < -0.3 is 19.9 Å². The predicted molar refractivity (Wildman–Crippen MR) is 65.9 cm³/mol. The maximum Gasteiger partial charge on any atom is 0.173 e. The van der Waals surface area contributed by atoms with Gasteiger partial charge in [-0.15, -0.1) is 0 Å². The van der Waals surface area contributed by atoms with Crippen molar-refractivity contribution in [2.75, 3.05) is 26.1 Å². The van der Waals surface area contributed by atoms with E-state index in [0.29, 0.717) is 41.7 Å². The zero-order chi connectivity index (χ0) is 13.4.